The second-order valence-corrected chi connectivity index (χ2v) is 8.41. The van der Waals surface area contributed by atoms with Crippen LogP contribution >= 0.6 is 23.2 Å². The molecule has 0 aromatic heterocycles. The minimum Gasteiger partial charge on any atom is -0.489 e. The largest absolute Gasteiger partial charge is 0.489 e. The highest BCUT2D eigenvalue weighted by molar-refractivity contribution is 6.35. The molecule has 0 saturated carbocycles. The molecule has 32 heavy (non-hydrogen) atoms. The fourth-order valence-electron chi connectivity index (χ4n) is 3.61. The third-order valence-corrected chi connectivity index (χ3v) is 6.11. The molecule has 0 bridgehead atoms. The van der Waals surface area contributed by atoms with Crippen LogP contribution < -0.4 is 15.0 Å². The number of amides is 2. The van der Waals surface area contributed by atoms with E-state index in [9.17, 15) is 9.59 Å². The summed E-state index contributed by atoms with van der Waals surface area (Å²) >= 11 is 12.4. The molecule has 1 unspecified atom stereocenters. The van der Waals surface area contributed by atoms with Gasteiger partial charge in [0.15, 0.2) is 0 Å². The molecule has 2 amide bonds. The van der Waals surface area contributed by atoms with Crippen LogP contribution in [0.5, 0.6) is 5.75 Å². The first-order valence-corrected chi connectivity index (χ1v) is 11.0. The van der Waals surface area contributed by atoms with E-state index in [0.717, 1.165) is 16.8 Å². The van der Waals surface area contributed by atoms with Crippen molar-refractivity contribution >= 4 is 40.7 Å². The van der Waals surface area contributed by atoms with Gasteiger partial charge in [0.1, 0.15) is 12.4 Å². The molecule has 1 atom stereocenters. The highest BCUT2D eigenvalue weighted by atomic mass is 35.5. The van der Waals surface area contributed by atoms with E-state index >= 15 is 0 Å². The van der Waals surface area contributed by atoms with Crippen molar-refractivity contribution in [3.05, 3.63) is 94.0 Å². The molecule has 0 aliphatic carbocycles. The molecule has 4 rings (SSSR count). The van der Waals surface area contributed by atoms with Gasteiger partial charge in [-0.15, -0.1) is 0 Å². The van der Waals surface area contributed by atoms with Crippen LogP contribution in [0.4, 0.5) is 5.69 Å². The van der Waals surface area contributed by atoms with Gasteiger partial charge in [0, 0.05) is 40.8 Å². The maximum Gasteiger partial charge on any atom is 0.227 e. The zero-order chi connectivity index (χ0) is 22.5. The van der Waals surface area contributed by atoms with E-state index in [0.29, 0.717) is 28.9 Å². The van der Waals surface area contributed by atoms with Crippen LogP contribution in [0.2, 0.25) is 10.0 Å². The van der Waals surface area contributed by atoms with Gasteiger partial charge in [0.25, 0.3) is 0 Å². The molecule has 1 saturated heterocycles. The number of carbonyl (C=O) groups excluding carboxylic acids is 2. The summed E-state index contributed by atoms with van der Waals surface area (Å²) in [6.07, 6.45) is 0.198. The lowest BCUT2D eigenvalue weighted by atomic mass is 10.1. The molecule has 3 aromatic rings. The predicted octanol–water partition coefficient (Wildman–Crippen LogP) is 5.24. The molecular formula is C25H22Cl2N2O3. The first-order chi connectivity index (χ1) is 15.5. The average molecular weight is 469 g/mol. The van der Waals surface area contributed by atoms with Gasteiger partial charge in [-0.25, -0.2) is 0 Å². The van der Waals surface area contributed by atoms with Gasteiger partial charge in [0.2, 0.25) is 11.8 Å². The minimum atomic E-state index is -0.371. The van der Waals surface area contributed by atoms with Crippen LogP contribution in [0.25, 0.3) is 0 Å². The Hall–Kier alpha value is -3.02. The Morgan fingerprint density at radius 1 is 0.969 bits per heavy atom. The van der Waals surface area contributed by atoms with E-state index in [1.165, 1.54) is 0 Å². The average Bonchev–Trinajstić information content (AvgIpc) is 3.20. The Morgan fingerprint density at radius 2 is 1.66 bits per heavy atom. The van der Waals surface area contributed by atoms with Crippen LogP contribution in [0.3, 0.4) is 0 Å². The molecule has 5 nitrogen and oxygen atoms in total. The van der Waals surface area contributed by atoms with E-state index in [4.69, 9.17) is 27.9 Å². The Bertz CT molecular complexity index is 1080. The quantitative estimate of drug-likeness (QED) is 0.515. The van der Waals surface area contributed by atoms with Gasteiger partial charge in [0.05, 0.1) is 5.92 Å². The normalized spacial score (nSPS) is 15.6. The van der Waals surface area contributed by atoms with E-state index in [1.807, 2.05) is 42.5 Å². The van der Waals surface area contributed by atoms with Crippen molar-refractivity contribution in [2.24, 2.45) is 5.92 Å². The van der Waals surface area contributed by atoms with Gasteiger partial charge in [-0.1, -0.05) is 59.6 Å². The summed E-state index contributed by atoms with van der Waals surface area (Å²) < 4.78 is 5.80. The molecule has 1 aliphatic heterocycles. The van der Waals surface area contributed by atoms with Crippen LogP contribution in [-0.4, -0.2) is 18.4 Å². The first kappa shape index (κ1) is 22.2. The summed E-state index contributed by atoms with van der Waals surface area (Å²) in [4.78, 5) is 26.7. The summed E-state index contributed by atoms with van der Waals surface area (Å²) in [5, 5.41) is 4.02. The Morgan fingerprint density at radius 3 is 2.34 bits per heavy atom. The van der Waals surface area contributed by atoms with Crippen molar-refractivity contribution < 1.29 is 14.3 Å². The second-order valence-electron chi connectivity index (χ2n) is 7.59. The van der Waals surface area contributed by atoms with Crippen molar-refractivity contribution in [3.8, 4) is 5.75 Å². The SMILES string of the molecule is O=C(NCc1ccccc1)C1CC(=O)N(c2ccc(OCc3c(Cl)cccc3Cl)cc2)C1. The summed E-state index contributed by atoms with van der Waals surface area (Å²) in [6, 6.07) is 22.2. The monoisotopic (exact) mass is 468 g/mol. The summed E-state index contributed by atoms with van der Waals surface area (Å²) in [6.45, 7) is 1.05. The van der Waals surface area contributed by atoms with Gasteiger partial charge in [-0.2, -0.15) is 0 Å². The lowest BCUT2D eigenvalue weighted by molar-refractivity contribution is -0.126. The molecule has 0 spiro atoms. The number of carbonyl (C=O) groups is 2. The predicted molar refractivity (Wildman–Crippen MR) is 126 cm³/mol. The maximum atomic E-state index is 12.5. The topological polar surface area (TPSA) is 58.6 Å². The van der Waals surface area contributed by atoms with Gasteiger partial charge < -0.3 is 15.0 Å². The van der Waals surface area contributed by atoms with Crippen LogP contribution in [-0.2, 0) is 22.7 Å². The zero-order valence-corrected chi connectivity index (χ0v) is 18.8. The summed E-state index contributed by atoms with van der Waals surface area (Å²) in [5.74, 6) is 0.0840. The molecule has 164 valence electrons. The van der Waals surface area contributed by atoms with Gasteiger partial charge in [-0.3, -0.25) is 9.59 Å². The van der Waals surface area contributed by atoms with Crippen molar-refractivity contribution in [1.29, 1.82) is 0 Å². The van der Waals surface area contributed by atoms with Crippen LogP contribution in [0, 0.1) is 5.92 Å². The third kappa shape index (κ3) is 5.23. The molecule has 3 aromatic carbocycles. The van der Waals surface area contributed by atoms with E-state index in [2.05, 4.69) is 5.32 Å². The lowest BCUT2D eigenvalue weighted by Gasteiger charge is -2.17. The van der Waals surface area contributed by atoms with Crippen LogP contribution in [0.15, 0.2) is 72.8 Å². The first-order valence-electron chi connectivity index (χ1n) is 10.3. The zero-order valence-electron chi connectivity index (χ0n) is 17.3. The third-order valence-electron chi connectivity index (χ3n) is 5.40. The minimum absolute atomic E-state index is 0.0682. The number of rotatable bonds is 7. The highest BCUT2D eigenvalue weighted by Gasteiger charge is 2.35. The number of benzene rings is 3. The van der Waals surface area contributed by atoms with Gasteiger partial charge in [-0.05, 0) is 42.0 Å². The molecular weight excluding hydrogens is 447 g/mol. The summed E-state index contributed by atoms with van der Waals surface area (Å²) in [5.41, 5.74) is 2.48. The Kier molecular flexibility index (Phi) is 6.98. The molecule has 1 fully saturated rings. The number of anilines is 1. The smallest absolute Gasteiger partial charge is 0.227 e. The molecule has 1 aliphatic rings. The van der Waals surface area contributed by atoms with Gasteiger partial charge >= 0.3 is 0 Å². The highest BCUT2D eigenvalue weighted by Crippen LogP contribution is 2.29. The number of ether oxygens (including phenoxy) is 1. The number of nitrogens with zero attached hydrogens (tertiary/aromatic N) is 1. The molecule has 0 radical (unpaired) electrons. The Labute approximate surface area is 196 Å². The molecule has 1 heterocycles. The Balaban J connectivity index is 1.33. The van der Waals surface area contributed by atoms with E-state index in [1.54, 1.807) is 35.2 Å². The molecule has 1 N–H and O–H groups in total. The van der Waals surface area contributed by atoms with Crippen molar-refractivity contribution in [2.45, 2.75) is 19.6 Å². The van der Waals surface area contributed by atoms with E-state index in [-0.39, 0.29) is 30.8 Å². The molecule has 7 heteroatoms. The second kappa shape index (κ2) is 10.1. The summed E-state index contributed by atoms with van der Waals surface area (Å²) in [7, 11) is 0. The maximum absolute atomic E-state index is 12.5. The van der Waals surface area contributed by atoms with E-state index < -0.39 is 0 Å². The lowest BCUT2D eigenvalue weighted by Crippen LogP contribution is -2.32. The fourth-order valence-corrected chi connectivity index (χ4v) is 4.12. The van der Waals surface area contributed by atoms with Crippen molar-refractivity contribution in [3.63, 3.8) is 0 Å². The van der Waals surface area contributed by atoms with Crippen molar-refractivity contribution in [1.82, 2.24) is 5.32 Å². The number of hydrogen-bond acceptors (Lipinski definition) is 3. The van der Waals surface area contributed by atoms with Crippen LogP contribution in [0.1, 0.15) is 17.5 Å². The number of halogens is 2. The number of nitrogens with one attached hydrogen (secondary N) is 1. The number of hydrogen-bond donors (Lipinski definition) is 1. The van der Waals surface area contributed by atoms with Crippen molar-refractivity contribution in [2.75, 3.05) is 11.4 Å². The fraction of sp³-hybridized carbons (Fsp3) is 0.200. The standard InChI is InChI=1S/C25H22Cl2N2O3/c26-22-7-4-8-23(27)21(22)16-32-20-11-9-19(10-12-20)29-15-18(13-24(29)30)25(31)28-14-17-5-2-1-3-6-17/h1-12,18H,13-16H2,(H,28,31).